The van der Waals surface area contributed by atoms with E-state index >= 15 is 0 Å². The number of rotatable bonds is 4. The van der Waals surface area contributed by atoms with Crippen molar-refractivity contribution < 1.29 is 8.42 Å². The highest BCUT2D eigenvalue weighted by molar-refractivity contribution is 9.10. The highest BCUT2D eigenvalue weighted by Gasteiger charge is 2.31. The van der Waals surface area contributed by atoms with Gasteiger partial charge in [0.05, 0.1) is 4.90 Å². The van der Waals surface area contributed by atoms with Gasteiger partial charge < -0.3 is 4.90 Å². The summed E-state index contributed by atoms with van der Waals surface area (Å²) in [7, 11) is -1.71. The molecule has 2 rings (SSSR count). The molecule has 1 aliphatic heterocycles. The van der Waals surface area contributed by atoms with Crippen molar-refractivity contribution in [2.75, 3.05) is 20.1 Å². The highest BCUT2D eigenvalue weighted by atomic mass is 79.9. The van der Waals surface area contributed by atoms with Crippen molar-refractivity contribution in [2.24, 2.45) is 0 Å². The second kappa shape index (κ2) is 6.77. The third kappa shape index (κ3) is 3.86. The second-order valence-electron chi connectivity index (χ2n) is 5.84. The van der Waals surface area contributed by atoms with Gasteiger partial charge in [-0.2, -0.15) is 4.31 Å². The molecule has 1 aliphatic rings. The molecule has 4 nitrogen and oxygen atoms in total. The number of benzene rings is 1. The molecule has 0 unspecified atom stereocenters. The smallest absolute Gasteiger partial charge is 0.243 e. The molecule has 0 N–H and O–H groups in total. The molecular weight excluding hydrogens is 352 g/mol. The molecule has 118 valence electrons. The quantitative estimate of drug-likeness (QED) is 0.813. The molecular formula is C15H23BrN2O2S. The van der Waals surface area contributed by atoms with Gasteiger partial charge in [0.1, 0.15) is 0 Å². The van der Waals surface area contributed by atoms with E-state index in [1.165, 1.54) is 0 Å². The normalized spacial score (nSPS) is 18.6. The lowest BCUT2D eigenvalue weighted by Crippen LogP contribution is -2.47. The molecule has 0 radical (unpaired) electrons. The van der Waals surface area contributed by atoms with Crippen LogP contribution >= 0.6 is 15.9 Å². The Morgan fingerprint density at radius 3 is 2.43 bits per heavy atom. The Morgan fingerprint density at radius 1 is 1.29 bits per heavy atom. The Kier molecular flexibility index (Phi) is 5.46. The molecule has 1 aromatic rings. The van der Waals surface area contributed by atoms with Crippen LogP contribution in [0.15, 0.2) is 33.6 Å². The number of hydrogen-bond donors (Lipinski definition) is 0. The van der Waals surface area contributed by atoms with Crippen molar-refractivity contribution in [1.29, 1.82) is 0 Å². The van der Waals surface area contributed by atoms with Crippen LogP contribution in [0.2, 0.25) is 0 Å². The van der Waals surface area contributed by atoms with Crippen LogP contribution in [0.1, 0.15) is 26.7 Å². The maximum absolute atomic E-state index is 12.7. The van der Waals surface area contributed by atoms with Crippen LogP contribution in [0.4, 0.5) is 0 Å². The fourth-order valence-electron chi connectivity index (χ4n) is 2.76. The molecule has 1 heterocycles. The first-order valence-electron chi connectivity index (χ1n) is 7.30. The third-order valence-corrected chi connectivity index (χ3v) is 6.62. The molecule has 0 atom stereocenters. The van der Waals surface area contributed by atoms with E-state index in [0.717, 1.165) is 30.4 Å². The summed E-state index contributed by atoms with van der Waals surface area (Å²) >= 11 is 3.33. The van der Waals surface area contributed by atoms with E-state index in [4.69, 9.17) is 0 Å². The monoisotopic (exact) mass is 374 g/mol. The SMILES string of the molecule is CC(C)N1CCC(N(C)S(=O)(=O)c2cccc(Br)c2)CC1. The lowest BCUT2D eigenvalue weighted by molar-refractivity contribution is 0.140. The van der Waals surface area contributed by atoms with Gasteiger partial charge in [-0.3, -0.25) is 0 Å². The molecule has 0 aliphatic carbocycles. The Morgan fingerprint density at radius 2 is 1.90 bits per heavy atom. The van der Waals surface area contributed by atoms with Crippen molar-refractivity contribution in [2.45, 2.75) is 43.7 Å². The summed E-state index contributed by atoms with van der Waals surface area (Å²) in [4.78, 5) is 2.75. The van der Waals surface area contributed by atoms with Crippen molar-refractivity contribution >= 4 is 26.0 Å². The van der Waals surface area contributed by atoms with Crippen LogP contribution in [0.3, 0.4) is 0 Å². The van der Waals surface area contributed by atoms with Gasteiger partial charge in [0.15, 0.2) is 0 Å². The number of halogens is 1. The summed E-state index contributed by atoms with van der Waals surface area (Å²) in [6.45, 7) is 6.28. The third-order valence-electron chi connectivity index (χ3n) is 4.22. The van der Waals surface area contributed by atoms with E-state index in [0.29, 0.717) is 10.9 Å². The van der Waals surface area contributed by atoms with Gasteiger partial charge in [-0.15, -0.1) is 0 Å². The minimum atomic E-state index is -3.41. The van der Waals surface area contributed by atoms with E-state index in [9.17, 15) is 8.42 Å². The van der Waals surface area contributed by atoms with E-state index in [2.05, 4.69) is 34.7 Å². The Labute approximate surface area is 136 Å². The maximum atomic E-state index is 12.7. The predicted octanol–water partition coefficient (Wildman–Crippen LogP) is 2.94. The Hall–Kier alpha value is -0.430. The topological polar surface area (TPSA) is 40.6 Å². The van der Waals surface area contributed by atoms with E-state index in [-0.39, 0.29) is 6.04 Å². The van der Waals surface area contributed by atoms with Crippen molar-refractivity contribution in [1.82, 2.24) is 9.21 Å². The molecule has 0 spiro atoms. The van der Waals surface area contributed by atoms with Crippen LogP contribution in [0.5, 0.6) is 0 Å². The van der Waals surface area contributed by atoms with Crippen LogP contribution in [0, 0.1) is 0 Å². The van der Waals surface area contributed by atoms with Gasteiger partial charge in [-0.05, 0) is 58.0 Å². The summed E-state index contributed by atoms with van der Waals surface area (Å²) < 4.78 is 27.7. The Balaban J connectivity index is 2.11. The molecule has 1 fully saturated rings. The van der Waals surface area contributed by atoms with Crippen molar-refractivity contribution in [3.63, 3.8) is 0 Å². The number of piperidine rings is 1. The van der Waals surface area contributed by atoms with Crippen LogP contribution in [-0.2, 0) is 10.0 Å². The first-order valence-corrected chi connectivity index (χ1v) is 9.53. The summed E-state index contributed by atoms with van der Waals surface area (Å²) in [5, 5.41) is 0. The number of sulfonamides is 1. The zero-order valence-electron chi connectivity index (χ0n) is 12.8. The van der Waals surface area contributed by atoms with Crippen LogP contribution < -0.4 is 0 Å². The number of hydrogen-bond acceptors (Lipinski definition) is 3. The summed E-state index contributed by atoms with van der Waals surface area (Å²) in [6.07, 6.45) is 1.78. The van der Waals surface area contributed by atoms with Gasteiger partial charge in [0.25, 0.3) is 0 Å². The maximum Gasteiger partial charge on any atom is 0.243 e. The van der Waals surface area contributed by atoms with Crippen molar-refractivity contribution in [3.8, 4) is 0 Å². The molecule has 1 aromatic carbocycles. The van der Waals surface area contributed by atoms with E-state index < -0.39 is 10.0 Å². The van der Waals surface area contributed by atoms with Gasteiger partial charge in [0.2, 0.25) is 10.0 Å². The second-order valence-corrected chi connectivity index (χ2v) is 8.75. The first-order chi connectivity index (χ1) is 9.82. The molecule has 0 aromatic heterocycles. The summed E-state index contributed by atoms with van der Waals surface area (Å²) in [5.74, 6) is 0. The lowest BCUT2D eigenvalue weighted by Gasteiger charge is -2.37. The average Bonchev–Trinajstić information content (AvgIpc) is 2.46. The molecule has 1 saturated heterocycles. The van der Waals surface area contributed by atoms with Gasteiger partial charge >= 0.3 is 0 Å². The fraction of sp³-hybridized carbons (Fsp3) is 0.600. The van der Waals surface area contributed by atoms with Crippen LogP contribution in [0.25, 0.3) is 0 Å². The molecule has 0 amide bonds. The fourth-order valence-corrected chi connectivity index (χ4v) is 4.77. The Bertz CT molecular complexity index is 581. The largest absolute Gasteiger partial charge is 0.301 e. The van der Waals surface area contributed by atoms with E-state index in [1.54, 1.807) is 29.6 Å². The summed E-state index contributed by atoms with van der Waals surface area (Å²) in [5.41, 5.74) is 0. The molecule has 21 heavy (non-hydrogen) atoms. The zero-order valence-corrected chi connectivity index (χ0v) is 15.2. The number of likely N-dealkylation sites (tertiary alicyclic amines) is 1. The first kappa shape index (κ1) is 16.9. The van der Waals surface area contributed by atoms with Crippen molar-refractivity contribution in [3.05, 3.63) is 28.7 Å². The minimum Gasteiger partial charge on any atom is -0.301 e. The standard InChI is InChI=1S/C15H23BrN2O2S/c1-12(2)18-9-7-14(8-10-18)17(3)21(19,20)15-6-4-5-13(16)11-15/h4-6,11-12,14H,7-10H2,1-3H3. The lowest BCUT2D eigenvalue weighted by atomic mass is 10.0. The zero-order chi connectivity index (χ0) is 15.6. The molecule has 0 bridgehead atoms. The average molecular weight is 375 g/mol. The van der Waals surface area contributed by atoms with Gasteiger partial charge in [-0.1, -0.05) is 22.0 Å². The minimum absolute atomic E-state index is 0.0870. The highest BCUT2D eigenvalue weighted by Crippen LogP contribution is 2.25. The predicted molar refractivity (Wildman–Crippen MR) is 88.8 cm³/mol. The number of nitrogens with zero attached hydrogens (tertiary/aromatic N) is 2. The van der Waals surface area contributed by atoms with Gasteiger partial charge in [-0.25, -0.2) is 8.42 Å². The van der Waals surface area contributed by atoms with Crippen LogP contribution in [-0.4, -0.2) is 49.8 Å². The summed E-state index contributed by atoms with van der Waals surface area (Å²) in [6, 6.07) is 7.52. The molecule has 0 saturated carbocycles. The van der Waals surface area contributed by atoms with Gasteiger partial charge in [0, 0.05) is 23.6 Å². The molecule has 6 heteroatoms. The van der Waals surface area contributed by atoms with E-state index in [1.807, 2.05) is 6.07 Å².